The van der Waals surface area contributed by atoms with Crippen molar-refractivity contribution in [3.63, 3.8) is 0 Å². The van der Waals surface area contributed by atoms with Crippen LogP contribution < -0.4 is 5.32 Å². The highest BCUT2D eigenvalue weighted by Crippen LogP contribution is 2.24. The van der Waals surface area contributed by atoms with Crippen LogP contribution in [0.5, 0.6) is 0 Å². The van der Waals surface area contributed by atoms with Gasteiger partial charge < -0.3 is 9.84 Å². The Kier molecular flexibility index (Phi) is 4.41. The number of hydrogen-bond acceptors (Lipinski definition) is 5. The summed E-state index contributed by atoms with van der Waals surface area (Å²) in [6.07, 6.45) is -4.75. The van der Waals surface area contributed by atoms with E-state index >= 15 is 0 Å². The molecule has 1 atom stereocenters. The third-order valence-electron chi connectivity index (χ3n) is 3.11. The molecule has 5 nitrogen and oxygen atoms in total. The van der Waals surface area contributed by atoms with Gasteiger partial charge in [0.25, 0.3) is 0 Å². The lowest BCUT2D eigenvalue weighted by molar-refractivity contribution is -0.131. The van der Waals surface area contributed by atoms with Crippen molar-refractivity contribution in [1.29, 1.82) is 0 Å². The van der Waals surface area contributed by atoms with Gasteiger partial charge in [-0.25, -0.2) is 0 Å². The summed E-state index contributed by atoms with van der Waals surface area (Å²) in [4.78, 5) is 6.05. The maximum absolute atomic E-state index is 12.2. The van der Waals surface area contributed by atoms with Gasteiger partial charge in [-0.05, 0) is 6.42 Å². The molecule has 1 aromatic rings. The molecular weight excluding hydrogens is 261 g/mol. The van der Waals surface area contributed by atoms with E-state index in [1.165, 1.54) is 0 Å². The van der Waals surface area contributed by atoms with Gasteiger partial charge in [0.15, 0.2) is 5.82 Å². The van der Waals surface area contributed by atoms with Crippen molar-refractivity contribution in [3.05, 3.63) is 11.7 Å². The molecule has 108 valence electrons. The normalized spacial score (nSPS) is 19.6. The van der Waals surface area contributed by atoms with Gasteiger partial charge in [-0.2, -0.15) is 18.2 Å². The maximum Gasteiger partial charge on any atom is 0.397 e. The smallest absolute Gasteiger partial charge is 0.339 e. The van der Waals surface area contributed by atoms with Crippen LogP contribution in [0.4, 0.5) is 13.2 Å². The lowest BCUT2D eigenvalue weighted by atomic mass is 10.1. The molecule has 0 amide bonds. The zero-order valence-corrected chi connectivity index (χ0v) is 10.7. The van der Waals surface area contributed by atoms with E-state index in [0.29, 0.717) is 5.82 Å². The van der Waals surface area contributed by atoms with Crippen molar-refractivity contribution >= 4 is 0 Å². The maximum atomic E-state index is 12.2. The Hall–Kier alpha value is -1.15. The second-order valence-electron chi connectivity index (χ2n) is 4.55. The number of piperazine rings is 1. The Balaban J connectivity index is 2.06. The molecule has 0 bridgehead atoms. The van der Waals surface area contributed by atoms with Crippen molar-refractivity contribution < 1.29 is 17.7 Å². The summed E-state index contributed by atoms with van der Waals surface area (Å²) in [6.45, 7) is 5.36. The molecule has 1 N–H and O–H groups in total. The lowest BCUT2D eigenvalue weighted by Gasteiger charge is -2.32. The fourth-order valence-electron chi connectivity index (χ4n) is 2.24. The van der Waals surface area contributed by atoms with E-state index in [0.717, 1.165) is 32.6 Å². The second kappa shape index (κ2) is 5.87. The standard InChI is InChI=1S/C11H17F3N4O/c1-2-8(18-5-3-15-4-6-18)10-16-9(19-17-10)7-11(12,13)14/h8,15H,2-7H2,1H3. The Morgan fingerprint density at radius 1 is 1.37 bits per heavy atom. The number of rotatable bonds is 4. The predicted molar refractivity (Wildman–Crippen MR) is 61.5 cm³/mol. The fourth-order valence-corrected chi connectivity index (χ4v) is 2.24. The van der Waals surface area contributed by atoms with E-state index < -0.39 is 12.6 Å². The van der Waals surface area contributed by atoms with Crippen molar-refractivity contribution in [3.8, 4) is 0 Å². The summed E-state index contributed by atoms with van der Waals surface area (Å²) < 4.78 is 41.4. The molecule has 0 spiro atoms. The molecule has 2 rings (SSSR count). The summed E-state index contributed by atoms with van der Waals surface area (Å²) in [5.41, 5.74) is 0. The predicted octanol–water partition coefficient (Wildman–Crippen LogP) is 1.53. The van der Waals surface area contributed by atoms with Crippen LogP contribution in [0.3, 0.4) is 0 Å². The second-order valence-corrected chi connectivity index (χ2v) is 4.55. The summed E-state index contributed by atoms with van der Waals surface area (Å²) in [7, 11) is 0. The van der Waals surface area contributed by atoms with Crippen LogP contribution >= 0.6 is 0 Å². The monoisotopic (exact) mass is 278 g/mol. The highest BCUT2D eigenvalue weighted by molar-refractivity contribution is 4.96. The van der Waals surface area contributed by atoms with Crippen LogP contribution in [0.1, 0.15) is 31.1 Å². The van der Waals surface area contributed by atoms with Gasteiger partial charge in [0.1, 0.15) is 6.42 Å². The topological polar surface area (TPSA) is 54.2 Å². The highest BCUT2D eigenvalue weighted by Gasteiger charge is 2.32. The van der Waals surface area contributed by atoms with Crippen LogP contribution in [0.25, 0.3) is 0 Å². The van der Waals surface area contributed by atoms with E-state index in [2.05, 4.69) is 20.4 Å². The summed E-state index contributed by atoms with van der Waals surface area (Å²) >= 11 is 0. The third kappa shape index (κ3) is 3.90. The van der Waals surface area contributed by atoms with Gasteiger partial charge in [0, 0.05) is 26.2 Å². The molecule has 1 saturated heterocycles. The van der Waals surface area contributed by atoms with Gasteiger partial charge in [-0.15, -0.1) is 0 Å². The first kappa shape index (κ1) is 14.3. The number of nitrogens with zero attached hydrogens (tertiary/aromatic N) is 3. The fraction of sp³-hybridized carbons (Fsp3) is 0.818. The van der Waals surface area contributed by atoms with Crippen molar-refractivity contribution in [2.45, 2.75) is 32.0 Å². The number of hydrogen-bond donors (Lipinski definition) is 1. The minimum absolute atomic E-state index is 0.0761. The van der Waals surface area contributed by atoms with E-state index in [9.17, 15) is 13.2 Å². The average molecular weight is 278 g/mol. The number of nitrogens with one attached hydrogen (secondary N) is 1. The average Bonchev–Trinajstić information content (AvgIpc) is 2.77. The van der Waals surface area contributed by atoms with Crippen LogP contribution in [-0.2, 0) is 6.42 Å². The quantitative estimate of drug-likeness (QED) is 0.905. The Labute approximate surface area is 109 Å². The van der Waals surface area contributed by atoms with Gasteiger partial charge >= 0.3 is 6.18 Å². The molecule has 1 unspecified atom stereocenters. The summed E-state index contributed by atoms with van der Waals surface area (Å²) in [5.74, 6) is -0.0141. The van der Waals surface area contributed by atoms with Crippen molar-refractivity contribution in [1.82, 2.24) is 20.4 Å². The molecule has 0 radical (unpaired) electrons. The molecule has 1 aromatic heterocycles. The Bertz CT molecular complexity index is 401. The number of aromatic nitrogens is 2. The molecule has 1 aliphatic rings. The first-order valence-corrected chi connectivity index (χ1v) is 6.33. The third-order valence-corrected chi connectivity index (χ3v) is 3.11. The highest BCUT2D eigenvalue weighted by atomic mass is 19.4. The SMILES string of the molecule is CCC(c1noc(CC(F)(F)F)n1)N1CCNCC1. The van der Waals surface area contributed by atoms with Crippen molar-refractivity contribution in [2.75, 3.05) is 26.2 Å². The summed E-state index contributed by atoms with van der Waals surface area (Å²) in [6, 6.07) is -0.0761. The largest absolute Gasteiger partial charge is 0.397 e. The molecule has 19 heavy (non-hydrogen) atoms. The van der Waals surface area contributed by atoms with E-state index in [1.807, 2.05) is 6.92 Å². The Morgan fingerprint density at radius 3 is 2.63 bits per heavy atom. The van der Waals surface area contributed by atoms with Crippen LogP contribution in [-0.4, -0.2) is 47.4 Å². The number of halogens is 3. The molecule has 8 heteroatoms. The minimum Gasteiger partial charge on any atom is -0.339 e. The molecule has 1 fully saturated rings. The van der Waals surface area contributed by atoms with Gasteiger partial charge in [-0.3, -0.25) is 4.90 Å². The first-order chi connectivity index (χ1) is 8.99. The van der Waals surface area contributed by atoms with Gasteiger partial charge in [0.2, 0.25) is 5.89 Å². The Morgan fingerprint density at radius 2 is 2.05 bits per heavy atom. The van der Waals surface area contributed by atoms with Gasteiger partial charge in [-0.1, -0.05) is 12.1 Å². The van der Waals surface area contributed by atoms with E-state index in [1.54, 1.807) is 0 Å². The van der Waals surface area contributed by atoms with Crippen LogP contribution in [0.15, 0.2) is 4.52 Å². The number of alkyl halides is 3. The summed E-state index contributed by atoms with van der Waals surface area (Å²) in [5, 5.41) is 6.93. The molecule has 2 heterocycles. The molecule has 0 aliphatic carbocycles. The molecule has 1 aliphatic heterocycles. The van der Waals surface area contributed by atoms with Crippen LogP contribution in [0.2, 0.25) is 0 Å². The van der Waals surface area contributed by atoms with Crippen molar-refractivity contribution in [2.24, 2.45) is 0 Å². The van der Waals surface area contributed by atoms with Crippen LogP contribution in [0, 0.1) is 0 Å². The lowest BCUT2D eigenvalue weighted by Crippen LogP contribution is -2.45. The first-order valence-electron chi connectivity index (χ1n) is 6.33. The zero-order valence-electron chi connectivity index (χ0n) is 10.7. The van der Waals surface area contributed by atoms with E-state index in [4.69, 9.17) is 4.52 Å². The van der Waals surface area contributed by atoms with E-state index in [-0.39, 0.29) is 11.9 Å². The molecule has 0 saturated carbocycles. The van der Waals surface area contributed by atoms with Gasteiger partial charge in [0.05, 0.1) is 6.04 Å². The minimum atomic E-state index is -4.32. The zero-order chi connectivity index (χ0) is 13.9. The molecule has 0 aromatic carbocycles. The molecular formula is C11H17F3N4O.